The molecule has 1 amide bonds. The highest BCUT2D eigenvalue weighted by Crippen LogP contribution is 2.07. The number of nitrogens with zero attached hydrogens (tertiary/aromatic N) is 10. The van der Waals surface area contributed by atoms with E-state index in [2.05, 4.69) is 67.6 Å². The molecule has 56 heavy (non-hydrogen) atoms. The van der Waals surface area contributed by atoms with Gasteiger partial charge in [0.25, 0.3) is 11.1 Å². The van der Waals surface area contributed by atoms with Crippen molar-refractivity contribution in [3.63, 3.8) is 0 Å². The Kier molecular flexibility index (Phi) is 23.3. The molecule has 2 N–H and O–H groups in total. The molecule has 6 aromatic heterocycles. The number of aryl methyl sites for hydroxylation is 5. The number of nitrogens with one attached hydrogen (secondary N) is 2. The first-order valence-electron chi connectivity index (χ1n) is 17.8. The maximum Gasteiger partial charge on any atom is 0.410 e. The van der Waals surface area contributed by atoms with Gasteiger partial charge < -0.3 is 14.2 Å². The second-order valence-corrected chi connectivity index (χ2v) is 14.6. The number of aromatic amines is 2. The Morgan fingerprint density at radius 1 is 0.714 bits per heavy atom. The molecule has 1 fully saturated rings. The van der Waals surface area contributed by atoms with E-state index in [0.717, 1.165) is 32.7 Å². The van der Waals surface area contributed by atoms with Gasteiger partial charge in [0, 0.05) is 80.7 Å². The topological polar surface area (TPSA) is 179 Å². The van der Waals surface area contributed by atoms with Crippen molar-refractivity contribution in [2.75, 3.05) is 13.2 Å². The van der Waals surface area contributed by atoms with Crippen molar-refractivity contribution in [3.8, 4) is 0 Å². The Balaban J connectivity index is 0.000000330. The Hall–Kier alpha value is -5.10. The fourth-order valence-electron chi connectivity index (χ4n) is 4.14. The number of halogens is 2. The number of hydrogen-bond acceptors (Lipinski definition) is 9. The van der Waals surface area contributed by atoms with Crippen LogP contribution in [0.1, 0.15) is 70.6 Å². The molecule has 0 aliphatic carbocycles. The van der Waals surface area contributed by atoms with E-state index < -0.39 is 0 Å². The molecule has 0 unspecified atom stereocenters. The first-order valence-corrected chi connectivity index (χ1v) is 19.4. The minimum atomic E-state index is -0.176. The fourth-order valence-corrected chi connectivity index (χ4v) is 4.73. The molecule has 0 aromatic carbocycles. The van der Waals surface area contributed by atoms with Gasteiger partial charge in [-0.3, -0.25) is 29.2 Å². The molecular formula is C38H56Br2N12O4. The van der Waals surface area contributed by atoms with Gasteiger partial charge in [0.1, 0.15) is 15.8 Å². The number of carbonyl (C=O) groups is 1. The van der Waals surface area contributed by atoms with Crippen LogP contribution in [-0.4, -0.2) is 84.5 Å². The van der Waals surface area contributed by atoms with Gasteiger partial charge in [0.15, 0.2) is 0 Å². The van der Waals surface area contributed by atoms with Crippen molar-refractivity contribution in [2.45, 2.75) is 80.4 Å². The number of ether oxygens (including phenoxy) is 1. The molecule has 0 saturated carbocycles. The molecule has 0 bridgehead atoms. The van der Waals surface area contributed by atoms with E-state index in [4.69, 9.17) is 4.74 Å². The van der Waals surface area contributed by atoms with Crippen molar-refractivity contribution in [3.05, 3.63) is 133 Å². The van der Waals surface area contributed by atoms with Crippen LogP contribution in [0.2, 0.25) is 0 Å². The van der Waals surface area contributed by atoms with E-state index >= 15 is 0 Å². The second kappa shape index (κ2) is 26.7. The average Bonchev–Trinajstić information content (AvgIpc) is 4.00. The molecule has 16 nitrogen and oxygen atoms in total. The van der Waals surface area contributed by atoms with E-state index in [1.165, 1.54) is 10.7 Å². The number of hydrogen-bond donors (Lipinski definition) is 2. The summed E-state index contributed by atoms with van der Waals surface area (Å²) in [7, 11) is 3.79. The number of rotatable bonds is 3. The second-order valence-electron chi connectivity index (χ2n) is 12.9. The standard InChI is InChI=1S/C9H13NO.C7H10N2O.C6H11NO2.C5H8N2.C4H5BrN2.C4H6N2.C3H3BrN2/c1-7(2)10-6-4-5-8(3)9(10)11;1-6(2)9-7(10)4-3-5-8-9;1-5(2)7-3-4-9-6(7)8;1-5-3-4-7(2)6-5;1-7-3-2-4(5)6-7;1-4-2-3-5-6-4;4-3-1-2-5-6-3/h4-7H,1-3H3;3-6H,1-2H3;5H,3-4H2,1-2H3;3-4H,1-2H3;2-3H,1H3;2-3H,1H3,(H,5,6);1-2H,(H,5,6). The monoisotopic (exact) mass is 902 g/mol. The van der Waals surface area contributed by atoms with Crippen molar-refractivity contribution in [1.29, 1.82) is 0 Å². The van der Waals surface area contributed by atoms with Crippen LogP contribution in [0.4, 0.5) is 4.79 Å². The Morgan fingerprint density at radius 2 is 1.36 bits per heavy atom. The molecule has 0 spiro atoms. The number of amides is 1. The number of pyridine rings is 1. The fraction of sp³-hybridized carbons (Fsp3) is 0.421. The number of H-pyrrole nitrogens is 2. The van der Waals surface area contributed by atoms with Crippen LogP contribution in [-0.2, 0) is 18.8 Å². The molecule has 306 valence electrons. The lowest BCUT2D eigenvalue weighted by Crippen LogP contribution is -2.31. The lowest BCUT2D eigenvalue weighted by molar-refractivity contribution is 0.152. The average molecular weight is 905 g/mol. The van der Waals surface area contributed by atoms with E-state index in [1.807, 2.05) is 131 Å². The molecule has 0 atom stereocenters. The first kappa shape index (κ1) is 48.9. The highest BCUT2D eigenvalue weighted by atomic mass is 79.9. The summed E-state index contributed by atoms with van der Waals surface area (Å²) in [6.45, 7) is 18.9. The third-order valence-corrected chi connectivity index (χ3v) is 7.87. The zero-order chi connectivity index (χ0) is 42.2. The summed E-state index contributed by atoms with van der Waals surface area (Å²) in [6, 6.07) is 15.2. The minimum Gasteiger partial charge on any atom is -0.448 e. The Labute approximate surface area is 345 Å². The van der Waals surface area contributed by atoms with Crippen molar-refractivity contribution < 1.29 is 9.53 Å². The summed E-state index contributed by atoms with van der Waals surface area (Å²) in [6.07, 6.45) is 10.5. The van der Waals surface area contributed by atoms with Crippen LogP contribution in [0.3, 0.4) is 0 Å². The summed E-state index contributed by atoms with van der Waals surface area (Å²) in [5, 5.41) is 24.6. The lowest BCUT2D eigenvalue weighted by atomic mass is 10.3. The minimum absolute atomic E-state index is 0.0440. The third-order valence-electron chi connectivity index (χ3n) is 7.00. The van der Waals surface area contributed by atoms with E-state index in [0.29, 0.717) is 6.61 Å². The normalized spacial score (nSPS) is 11.2. The third kappa shape index (κ3) is 20.5. The molecule has 18 heteroatoms. The molecule has 1 saturated heterocycles. The van der Waals surface area contributed by atoms with Crippen LogP contribution in [0.25, 0.3) is 0 Å². The van der Waals surface area contributed by atoms with Gasteiger partial charge >= 0.3 is 6.09 Å². The van der Waals surface area contributed by atoms with Gasteiger partial charge in [-0.1, -0.05) is 6.07 Å². The Bertz CT molecular complexity index is 1930. The maximum atomic E-state index is 11.4. The molecule has 1 aliphatic rings. The molecule has 6 aromatic rings. The van der Waals surface area contributed by atoms with Crippen molar-refractivity contribution in [1.82, 2.24) is 59.2 Å². The predicted molar refractivity (Wildman–Crippen MR) is 226 cm³/mol. The number of carbonyl (C=O) groups excluding carboxylic acids is 1. The molecule has 7 rings (SSSR count). The lowest BCUT2D eigenvalue weighted by Gasteiger charge is -2.15. The van der Waals surface area contributed by atoms with Gasteiger partial charge in [0.05, 0.1) is 18.3 Å². The van der Waals surface area contributed by atoms with Crippen molar-refractivity contribution in [2.24, 2.45) is 14.1 Å². The Morgan fingerprint density at radius 3 is 1.62 bits per heavy atom. The molecule has 7 heterocycles. The van der Waals surface area contributed by atoms with Gasteiger partial charge in [-0.25, -0.2) is 9.48 Å². The van der Waals surface area contributed by atoms with Crippen LogP contribution in [0, 0.1) is 20.8 Å². The van der Waals surface area contributed by atoms with E-state index in [9.17, 15) is 14.4 Å². The summed E-state index contributed by atoms with van der Waals surface area (Å²) < 4.78 is 13.2. The van der Waals surface area contributed by atoms with Crippen LogP contribution in [0.5, 0.6) is 0 Å². The zero-order valence-electron chi connectivity index (χ0n) is 34.1. The number of cyclic esters (lactones) is 1. The highest BCUT2D eigenvalue weighted by Gasteiger charge is 2.23. The SMILES string of the molecule is Brc1ccn[nH]1.CC(C)N1CCOC1=O.CC(C)n1ncccc1=O.Cc1cccn(C(C)C)c1=O.Cc1ccn(C)n1.Cc1ccn[nH]1.Cn1ccc(Br)n1. The van der Waals surface area contributed by atoms with Gasteiger partial charge in [-0.15, -0.1) is 0 Å². The van der Waals surface area contributed by atoms with Crippen LogP contribution >= 0.6 is 31.9 Å². The summed E-state index contributed by atoms with van der Waals surface area (Å²) >= 11 is 6.36. The summed E-state index contributed by atoms with van der Waals surface area (Å²) in [5.74, 6) is 0. The smallest absolute Gasteiger partial charge is 0.410 e. The van der Waals surface area contributed by atoms with Crippen LogP contribution in [0.15, 0.2) is 105 Å². The van der Waals surface area contributed by atoms with Crippen molar-refractivity contribution >= 4 is 38.0 Å². The van der Waals surface area contributed by atoms with Gasteiger partial charge in [0.2, 0.25) is 0 Å². The molecule has 0 radical (unpaired) electrons. The van der Waals surface area contributed by atoms with Gasteiger partial charge in [-0.2, -0.15) is 25.5 Å². The quantitative estimate of drug-likeness (QED) is 0.186. The highest BCUT2D eigenvalue weighted by molar-refractivity contribution is 9.10. The van der Waals surface area contributed by atoms with E-state index in [-0.39, 0.29) is 35.3 Å². The molecule has 1 aliphatic heterocycles. The largest absolute Gasteiger partial charge is 0.448 e. The van der Waals surface area contributed by atoms with Crippen LogP contribution < -0.4 is 11.1 Å². The summed E-state index contributed by atoms with van der Waals surface area (Å²) in [4.78, 5) is 34.8. The predicted octanol–water partition coefficient (Wildman–Crippen LogP) is 7.21. The summed E-state index contributed by atoms with van der Waals surface area (Å²) in [5.41, 5.74) is 3.05. The number of aromatic nitrogens is 11. The maximum absolute atomic E-state index is 11.4. The molecular weight excluding hydrogens is 848 g/mol. The zero-order valence-corrected chi connectivity index (χ0v) is 37.3. The van der Waals surface area contributed by atoms with E-state index in [1.54, 1.807) is 43.5 Å². The van der Waals surface area contributed by atoms with Gasteiger partial charge in [-0.05, 0) is 131 Å². The first-order chi connectivity index (χ1) is 26.4.